The Bertz CT molecular complexity index is 908. The van der Waals surface area contributed by atoms with Gasteiger partial charge in [-0.05, 0) is 37.8 Å². The average molecular weight is 354 g/mol. The molecule has 0 aromatic carbocycles. The number of hydrogen-bond donors (Lipinski definition) is 0. The molecule has 4 heterocycles. The van der Waals surface area contributed by atoms with E-state index in [0.717, 1.165) is 37.1 Å². The molecule has 0 radical (unpaired) electrons. The van der Waals surface area contributed by atoms with Crippen LogP contribution in [0.5, 0.6) is 0 Å². The number of carbonyl (C=O) groups is 1. The number of piperidine rings is 1. The predicted molar refractivity (Wildman–Crippen MR) is 93.4 cm³/mol. The van der Waals surface area contributed by atoms with E-state index in [1.807, 2.05) is 35.8 Å². The lowest BCUT2D eigenvalue weighted by molar-refractivity contribution is 0.0590. The summed E-state index contributed by atoms with van der Waals surface area (Å²) >= 11 is 0. The zero-order valence-corrected chi connectivity index (χ0v) is 15.0. The van der Waals surface area contributed by atoms with Gasteiger partial charge >= 0.3 is 0 Å². The van der Waals surface area contributed by atoms with Crippen LogP contribution in [0, 0.1) is 6.92 Å². The fourth-order valence-electron chi connectivity index (χ4n) is 3.54. The van der Waals surface area contributed by atoms with Gasteiger partial charge in [-0.2, -0.15) is 10.2 Å². The van der Waals surface area contributed by atoms with E-state index in [0.29, 0.717) is 18.0 Å². The van der Waals surface area contributed by atoms with Gasteiger partial charge in [-0.1, -0.05) is 5.16 Å². The molecule has 1 atom stereocenters. The molecule has 4 rings (SSSR count). The van der Waals surface area contributed by atoms with Crippen molar-refractivity contribution in [3.05, 3.63) is 53.4 Å². The average Bonchev–Trinajstić information content (AvgIpc) is 3.37. The molecule has 26 heavy (non-hydrogen) atoms. The monoisotopic (exact) mass is 354 g/mol. The molecule has 0 N–H and O–H groups in total. The van der Waals surface area contributed by atoms with Crippen molar-refractivity contribution in [1.29, 1.82) is 0 Å². The largest absolute Gasteiger partial charge is 0.359 e. The molecular weight excluding hydrogens is 332 g/mol. The number of aromatic nitrogens is 5. The highest BCUT2D eigenvalue weighted by atomic mass is 16.5. The second-order valence-corrected chi connectivity index (χ2v) is 6.78. The maximum Gasteiger partial charge on any atom is 0.276 e. The van der Waals surface area contributed by atoms with Crippen LogP contribution in [0.3, 0.4) is 0 Å². The minimum absolute atomic E-state index is 0.0256. The van der Waals surface area contributed by atoms with Gasteiger partial charge in [0.15, 0.2) is 11.5 Å². The molecule has 1 unspecified atom stereocenters. The SMILES string of the molecule is Cc1cnn(Cc2cc(C(=O)N3CCCCC3c3ccnn3C)no2)c1. The Morgan fingerprint density at radius 3 is 2.96 bits per heavy atom. The Balaban J connectivity index is 1.53. The molecule has 0 spiro atoms. The van der Waals surface area contributed by atoms with Crippen LogP contribution in [0.1, 0.15) is 52.8 Å². The Morgan fingerprint density at radius 1 is 1.35 bits per heavy atom. The zero-order valence-electron chi connectivity index (χ0n) is 15.0. The summed E-state index contributed by atoms with van der Waals surface area (Å²) in [6.45, 7) is 3.16. The molecule has 1 fully saturated rings. The normalized spacial score (nSPS) is 17.6. The van der Waals surface area contributed by atoms with Crippen LogP contribution in [0.4, 0.5) is 0 Å². The molecule has 3 aromatic rings. The quantitative estimate of drug-likeness (QED) is 0.718. The van der Waals surface area contributed by atoms with E-state index >= 15 is 0 Å². The van der Waals surface area contributed by atoms with Gasteiger partial charge in [-0.25, -0.2) is 0 Å². The third-order valence-corrected chi connectivity index (χ3v) is 4.82. The topological polar surface area (TPSA) is 82.0 Å². The maximum atomic E-state index is 13.0. The minimum atomic E-state index is -0.0949. The number of carbonyl (C=O) groups excluding carboxylic acids is 1. The van der Waals surface area contributed by atoms with E-state index in [2.05, 4.69) is 15.4 Å². The standard InChI is InChI=1S/C18H22N6O2/c1-13-10-20-23(11-13)12-14-9-15(21-26-14)18(25)24-8-4-3-5-17(24)16-6-7-19-22(16)2/h6-7,9-11,17H,3-5,8,12H2,1-2H3. The summed E-state index contributed by atoms with van der Waals surface area (Å²) in [4.78, 5) is 14.9. The van der Waals surface area contributed by atoms with Crippen LogP contribution in [0.15, 0.2) is 35.2 Å². The molecule has 1 saturated heterocycles. The number of rotatable bonds is 4. The van der Waals surface area contributed by atoms with Crippen molar-refractivity contribution in [1.82, 2.24) is 29.6 Å². The molecule has 1 aliphatic rings. The van der Waals surface area contributed by atoms with Crippen molar-refractivity contribution in [3.8, 4) is 0 Å². The number of likely N-dealkylation sites (tertiary alicyclic amines) is 1. The van der Waals surface area contributed by atoms with Crippen LogP contribution in [-0.2, 0) is 13.6 Å². The molecular formula is C18H22N6O2. The third-order valence-electron chi connectivity index (χ3n) is 4.82. The first kappa shape index (κ1) is 16.6. The molecule has 8 heteroatoms. The summed E-state index contributed by atoms with van der Waals surface area (Å²) < 4.78 is 8.97. The first-order chi connectivity index (χ1) is 12.6. The number of nitrogens with zero attached hydrogens (tertiary/aromatic N) is 6. The van der Waals surface area contributed by atoms with Crippen molar-refractivity contribution < 1.29 is 9.32 Å². The summed E-state index contributed by atoms with van der Waals surface area (Å²) in [7, 11) is 1.91. The van der Waals surface area contributed by atoms with Crippen LogP contribution in [-0.4, -0.2) is 42.1 Å². The lowest BCUT2D eigenvalue weighted by Gasteiger charge is -2.35. The Hall–Kier alpha value is -2.90. The van der Waals surface area contributed by atoms with Crippen LogP contribution < -0.4 is 0 Å². The van der Waals surface area contributed by atoms with E-state index in [1.54, 1.807) is 23.1 Å². The van der Waals surface area contributed by atoms with E-state index in [9.17, 15) is 4.79 Å². The molecule has 0 saturated carbocycles. The second kappa shape index (κ2) is 6.78. The fraction of sp³-hybridized carbons (Fsp3) is 0.444. The molecule has 0 bridgehead atoms. The summed E-state index contributed by atoms with van der Waals surface area (Å²) in [5.74, 6) is 0.521. The minimum Gasteiger partial charge on any atom is -0.359 e. The first-order valence-corrected chi connectivity index (χ1v) is 8.85. The van der Waals surface area contributed by atoms with Gasteiger partial charge in [0.1, 0.15) is 6.54 Å². The van der Waals surface area contributed by atoms with E-state index in [-0.39, 0.29) is 11.9 Å². The summed E-state index contributed by atoms with van der Waals surface area (Å²) in [6.07, 6.45) is 8.51. The molecule has 136 valence electrons. The summed E-state index contributed by atoms with van der Waals surface area (Å²) in [5, 5.41) is 12.5. The molecule has 0 aliphatic carbocycles. The number of amides is 1. The van der Waals surface area contributed by atoms with Crippen molar-refractivity contribution in [2.24, 2.45) is 7.05 Å². The fourth-order valence-corrected chi connectivity index (χ4v) is 3.54. The van der Waals surface area contributed by atoms with Gasteiger partial charge < -0.3 is 9.42 Å². The lowest BCUT2D eigenvalue weighted by Crippen LogP contribution is -2.39. The van der Waals surface area contributed by atoms with Crippen molar-refractivity contribution in [2.45, 2.75) is 38.8 Å². The van der Waals surface area contributed by atoms with Gasteiger partial charge in [0.05, 0.1) is 17.9 Å². The van der Waals surface area contributed by atoms with Crippen LogP contribution >= 0.6 is 0 Å². The van der Waals surface area contributed by atoms with Crippen molar-refractivity contribution in [3.63, 3.8) is 0 Å². The van der Waals surface area contributed by atoms with Crippen molar-refractivity contribution >= 4 is 5.91 Å². The predicted octanol–water partition coefficient (Wildman–Crippen LogP) is 2.33. The lowest BCUT2D eigenvalue weighted by atomic mass is 9.98. The van der Waals surface area contributed by atoms with E-state index in [1.165, 1.54) is 0 Å². The first-order valence-electron chi connectivity index (χ1n) is 8.85. The van der Waals surface area contributed by atoms with Gasteiger partial charge in [-0.3, -0.25) is 14.2 Å². The van der Waals surface area contributed by atoms with E-state index in [4.69, 9.17) is 4.52 Å². The molecule has 1 aliphatic heterocycles. The maximum absolute atomic E-state index is 13.0. The summed E-state index contributed by atoms with van der Waals surface area (Å²) in [5.41, 5.74) is 2.47. The number of hydrogen-bond acceptors (Lipinski definition) is 5. The van der Waals surface area contributed by atoms with Gasteiger partial charge in [0.25, 0.3) is 5.91 Å². The Morgan fingerprint density at radius 2 is 2.23 bits per heavy atom. The Labute approximate surface area is 151 Å². The molecule has 8 nitrogen and oxygen atoms in total. The van der Waals surface area contributed by atoms with Gasteiger partial charge in [0, 0.05) is 32.1 Å². The zero-order chi connectivity index (χ0) is 18.1. The second-order valence-electron chi connectivity index (χ2n) is 6.78. The third kappa shape index (κ3) is 3.14. The smallest absolute Gasteiger partial charge is 0.276 e. The highest BCUT2D eigenvalue weighted by molar-refractivity contribution is 5.92. The van der Waals surface area contributed by atoms with Gasteiger partial charge in [0.2, 0.25) is 0 Å². The van der Waals surface area contributed by atoms with Crippen LogP contribution in [0.2, 0.25) is 0 Å². The molecule has 3 aromatic heterocycles. The molecule has 1 amide bonds. The van der Waals surface area contributed by atoms with Gasteiger partial charge in [-0.15, -0.1) is 0 Å². The van der Waals surface area contributed by atoms with Crippen molar-refractivity contribution in [2.75, 3.05) is 6.54 Å². The Kier molecular flexibility index (Phi) is 4.32. The number of aryl methyl sites for hydroxylation is 2. The highest BCUT2D eigenvalue weighted by Crippen LogP contribution is 2.31. The van der Waals surface area contributed by atoms with E-state index < -0.39 is 0 Å². The van der Waals surface area contributed by atoms with Crippen LogP contribution in [0.25, 0.3) is 0 Å². The highest BCUT2D eigenvalue weighted by Gasteiger charge is 2.31. The summed E-state index contributed by atoms with van der Waals surface area (Å²) in [6, 6.07) is 3.72.